The topological polar surface area (TPSA) is 82.1 Å². The first kappa shape index (κ1) is 20.9. The Hall–Kier alpha value is -1.40. The summed E-state index contributed by atoms with van der Waals surface area (Å²) in [6, 6.07) is 0. The van der Waals surface area contributed by atoms with Crippen LogP contribution in [0.15, 0.2) is 11.8 Å². The molecule has 2 rings (SSSR count). The zero-order valence-electron chi connectivity index (χ0n) is 16.0. The van der Waals surface area contributed by atoms with Gasteiger partial charge in [0.15, 0.2) is 11.6 Å². The van der Waals surface area contributed by atoms with E-state index < -0.39 is 17.7 Å². The number of ether oxygens (including phenoxy) is 3. The maximum absolute atomic E-state index is 12.3. The minimum absolute atomic E-state index is 0.177. The van der Waals surface area contributed by atoms with Crippen molar-refractivity contribution in [3.05, 3.63) is 11.8 Å². The van der Waals surface area contributed by atoms with Gasteiger partial charge in [0.2, 0.25) is 0 Å². The summed E-state index contributed by atoms with van der Waals surface area (Å²) in [5, 5.41) is 10.2. The van der Waals surface area contributed by atoms with Crippen molar-refractivity contribution < 1.29 is 28.9 Å². The molecule has 0 radical (unpaired) electrons. The van der Waals surface area contributed by atoms with Gasteiger partial charge in [-0.1, -0.05) is 32.6 Å². The van der Waals surface area contributed by atoms with Crippen LogP contribution in [0.25, 0.3) is 0 Å². The number of carbonyl (C=O) groups excluding carboxylic acids is 2. The van der Waals surface area contributed by atoms with E-state index >= 15 is 0 Å². The molecule has 1 aliphatic carbocycles. The molecule has 1 heterocycles. The smallest absolute Gasteiger partial charge is 0.316 e. The highest BCUT2D eigenvalue weighted by atomic mass is 16.7. The Balaban J connectivity index is 2.05. The van der Waals surface area contributed by atoms with Crippen molar-refractivity contribution in [2.45, 2.75) is 71.0 Å². The predicted molar refractivity (Wildman–Crippen MR) is 96.6 cm³/mol. The Morgan fingerprint density at radius 1 is 1.23 bits per heavy atom. The number of rotatable bonds is 10. The number of ketones is 1. The molecule has 0 spiro atoms. The van der Waals surface area contributed by atoms with Crippen molar-refractivity contribution >= 4 is 11.8 Å². The average Bonchev–Trinajstić information content (AvgIpc) is 3.03. The van der Waals surface area contributed by atoms with E-state index in [4.69, 9.17) is 14.2 Å². The lowest BCUT2D eigenvalue weighted by atomic mass is 9.77. The summed E-state index contributed by atoms with van der Waals surface area (Å²) < 4.78 is 17.0. The highest BCUT2D eigenvalue weighted by Crippen LogP contribution is 2.40. The maximum Gasteiger partial charge on any atom is 0.316 e. The largest absolute Gasteiger partial charge is 0.511 e. The van der Waals surface area contributed by atoms with E-state index in [2.05, 4.69) is 6.92 Å². The molecular formula is C20H32O6. The Bertz CT molecular complexity index is 506. The van der Waals surface area contributed by atoms with E-state index in [1.165, 1.54) is 19.3 Å². The normalized spacial score (nSPS) is 25.2. The molecule has 6 nitrogen and oxygen atoms in total. The third kappa shape index (κ3) is 5.55. The van der Waals surface area contributed by atoms with E-state index in [1.807, 2.05) is 0 Å². The first-order valence-electron chi connectivity index (χ1n) is 9.89. The molecule has 26 heavy (non-hydrogen) atoms. The average molecular weight is 368 g/mol. The van der Waals surface area contributed by atoms with Crippen LogP contribution in [0.3, 0.4) is 0 Å². The molecule has 0 bridgehead atoms. The molecule has 148 valence electrons. The number of aliphatic hydroxyl groups is 1. The summed E-state index contributed by atoms with van der Waals surface area (Å²) in [4.78, 5) is 24.3. The monoisotopic (exact) mass is 368 g/mol. The lowest BCUT2D eigenvalue weighted by molar-refractivity contribution is -0.182. The molecule has 0 aromatic heterocycles. The van der Waals surface area contributed by atoms with Gasteiger partial charge < -0.3 is 19.3 Å². The van der Waals surface area contributed by atoms with Crippen LogP contribution < -0.4 is 0 Å². The molecule has 2 atom stereocenters. The predicted octanol–water partition coefficient (Wildman–Crippen LogP) is 3.69. The number of hydrogen-bond acceptors (Lipinski definition) is 6. The Labute approximate surface area is 155 Å². The SMILES string of the molecule is CCCCCCCC1(CC2CC(=O)C=C(O)C2C(=O)OCC)OCCO1. The number of allylic oxidation sites excluding steroid dienone is 1. The van der Waals surface area contributed by atoms with Gasteiger partial charge in [-0.3, -0.25) is 9.59 Å². The van der Waals surface area contributed by atoms with Crippen LogP contribution in [0.5, 0.6) is 0 Å². The van der Waals surface area contributed by atoms with Gasteiger partial charge in [-0.05, 0) is 19.3 Å². The maximum atomic E-state index is 12.3. The molecule has 1 aliphatic heterocycles. The lowest BCUT2D eigenvalue weighted by Gasteiger charge is -2.35. The van der Waals surface area contributed by atoms with Crippen molar-refractivity contribution in [1.82, 2.24) is 0 Å². The summed E-state index contributed by atoms with van der Waals surface area (Å²) in [5.74, 6) is -2.84. The van der Waals surface area contributed by atoms with Gasteiger partial charge in [0.1, 0.15) is 11.7 Å². The Morgan fingerprint density at radius 3 is 2.58 bits per heavy atom. The Kier molecular flexibility index (Phi) is 8.10. The molecule has 1 fully saturated rings. The summed E-state index contributed by atoms with van der Waals surface area (Å²) in [6.07, 6.45) is 8.16. The zero-order chi connectivity index (χ0) is 19.0. The van der Waals surface area contributed by atoms with Gasteiger partial charge >= 0.3 is 5.97 Å². The van der Waals surface area contributed by atoms with Crippen molar-refractivity contribution in [2.24, 2.45) is 11.8 Å². The first-order chi connectivity index (χ1) is 12.5. The van der Waals surface area contributed by atoms with Gasteiger partial charge in [0.25, 0.3) is 0 Å². The molecule has 0 aromatic carbocycles. The first-order valence-corrected chi connectivity index (χ1v) is 9.89. The highest BCUT2D eigenvalue weighted by Gasteiger charge is 2.45. The number of carbonyl (C=O) groups is 2. The highest BCUT2D eigenvalue weighted by molar-refractivity contribution is 5.93. The van der Waals surface area contributed by atoms with Crippen LogP contribution in [-0.4, -0.2) is 42.5 Å². The van der Waals surface area contributed by atoms with Crippen LogP contribution in [0.4, 0.5) is 0 Å². The molecule has 6 heteroatoms. The standard InChI is InChI=1S/C20H32O6/c1-3-5-6-7-8-9-20(25-10-11-26-20)14-15-12-16(21)13-17(22)18(15)19(23)24-4-2/h13,15,18,22H,3-12,14H2,1-2H3. The van der Waals surface area contributed by atoms with E-state index in [0.717, 1.165) is 25.3 Å². The van der Waals surface area contributed by atoms with Crippen molar-refractivity contribution in [3.8, 4) is 0 Å². The molecule has 2 unspecified atom stereocenters. The number of aliphatic hydroxyl groups excluding tert-OH is 1. The van der Waals surface area contributed by atoms with E-state index in [9.17, 15) is 14.7 Å². The van der Waals surface area contributed by atoms with Crippen LogP contribution in [-0.2, 0) is 23.8 Å². The van der Waals surface area contributed by atoms with E-state index in [-0.39, 0.29) is 30.5 Å². The second-order valence-corrected chi connectivity index (χ2v) is 7.21. The zero-order valence-corrected chi connectivity index (χ0v) is 16.0. The summed E-state index contributed by atoms with van der Waals surface area (Å²) in [5.41, 5.74) is 0. The second-order valence-electron chi connectivity index (χ2n) is 7.21. The third-order valence-electron chi connectivity index (χ3n) is 5.15. The van der Waals surface area contributed by atoms with Crippen molar-refractivity contribution in [2.75, 3.05) is 19.8 Å². The minimum atomic E-state index is -0.822. The van der Waals surface area contributed by atoms with Crippen LogP contribution in [0.1, 0.15) is 65.2 Å². The lowest BCUT2D eigenvalue weighted by Crippen LogP contribution is -2.40. The van der Waals surface area contributed by atoms with Crippen LogP contribution in [0.2, 0.25) is 0 Å². The van der Waals surface area contributed by atoms with E-state index in [1.54, 1.807) is 6.92 Å². The van der Waals surface area contributed by atoms with Gasteiger partial charge in [-0.15, -0.1) is 0 Å². The third-order valence-corrected chi connectivity index (χ3v) is 5.15. The molecule has 0 amide bonds. The fraction of sp³-hybridized carbons (Fsp3) is 0.800. The Morgan fingerprint density at radius 2 is 1.92 bits per heavy atom. The second kappa shape index (κ2) is 10.1. The molecule has 2 aliphatic rings. The number of hydrogen-bond donors (Lipinski definition) is 1. The van der Waals surface area contributed by atoms with Crippen molar-refractivity contribution in [3.63, 3.8) is 0 Å². The summed E-state index contributed by atoms with van der Waals surface area (Å²) in [7, 11) is 0. The fourth-order valence-corrected chi connectivity index (χ4v) is 3.93. The summed E-state index contributed by atoms with van der Waals surface area (Å²) >= 11 is 0. The molecule has 0 saturated carbocycles. The molecule has 0 aromatic rings. The molecule has 1 saturated heterocycles. The van der Waals surface area contributed by atoms with Gasteiger partial charge in [-0.25, -0.2) is 0 Å². The number of esters is 1. The minimum Gasteiger partial charge on any atom is -0.511 e. The molecule has 1 N–H and O–H groups in total. The van der Waals surface area contributed by atoms with Gasteiger partial charge in [-0.2, -0.15) is 0 Å². The summed E-state index contributed by atoms with van der Waals surface area (Å²) in [6.45, 7) is 5.17. The van der Waals surface area contributed by atoms with Crippen LogP contribution >= 0.6 is 0 Å². The fourth-order valence-electron chi connectivity index (χ4n) is 3.93. The quantitative estimate of drug-likeness (QED) is 0.468. The van der Waals surface area contributed by atoms with E-state index in [0.29, 0.717) is 19.6 Å². The van der Waals surface area contributed by atoms with Gasteiger partial charge in [0, 0.05) is 25.3 Å². The van der Waals surface area contributed by atoms with Crippen molar-refractivity contribution in [1.29, 1.82) is 0 Å². The van der Waals surface area contributed by atoms with Gasteiger partial charge in [0.05, 0.1) is 19.8 Å². The van der Waals surface area contributed by atoms with Crippen LogP contribution in [0, 0.1) is 11.8 Å². The number of unbranched alkanes of at least 4 members (excludes halogenated alkanes) is 4. The molecular weight excluding hydrogens is 336 g/mol.